The summed E-state index contributed by atoms with van der Waals surface area (Å²) >= 11 is 0. The van der Waals surface area contributed by atoms with Crippen LogP contribution in [0.15, 0.2) is 30.5 Å². The third kappa shape index (κ3) is 2.03. The monoisotopic (exact) mass is 205 g/mol. The summed E-state index contributed by atoms with van der Waals surface area (Å²) in [6.45, 7) is 0. The highest BCUT2D eigenvalue weighted by molar-refractivity contribution is 5.82. The van der Waals surface area contributed by atoms with E-state index in [0.717, 1.165) is 11.9 Å². The molecule has 0 amide bonds. The summed E-state index contributed by atoms with van der Waals surface area (Å²) in [6, 6.07) is 8.28. The average Bonchev–Trinajstić information content (AvgIpc) is 2.74. The molecule has 2 aromatic rings. The number of hydrogen-bond acceptors (Lipinski definition) is 2. The molecule has 3 heteroatoms. The van der Waals surface area contributed by atoms with Crippen molar-refractivity contribution in [2.24, 2.45) is 0 Å². The van der Waals surface area contributed by atoms with Crippen molar-refractivity contribution < 1.29 is 9.47 Å². The van der Waals surface area contributed by atoms with Gasteiger partial charge in [0.15, 0.2) is 6.29 Å². The van der Waals surface area contributed by atoms with Crippen LogP contribution < -0.4 is 0 Å². The third-order valence-corrected chi connectivity index (χ3v) is 2.60. The minimum absolute atomic E-state index is 0.175. The van der Waals surface area contributed by atoms with Crippen LogP contribution >= 0.6 is 0 Å². The zero-order valence-corrected chi connectivity index (χ0v) is 8.99. The van der Waals surface area contributed by atoms with E-state index in [4.69, 9.17) is 9.47 Å². The molecule has 0 saturated heterocycles. The molecule has 1 aromatic heterocycles. The number of benzene rings is 1. The number of hydrogen-bond donors (Lipinski definition) is 1. The first-order valence-electron chi connectivity index (χ1n) is 4.95. The van der Waals surface area contributed by atoms with Crippen molar-refractivity contribution >= 4 is 10.9 Å². The lowest BCUT2D eigenvalue weighted by Gasteiger charge is -2.13. The summed E-state index contributed by atoms with van der Waals surface area (Å²) < 4.78 is 10.4. The van der Waals surface area contributed by atoms with Crippen molar-refractivity contribution in [2.45, 2.75) is 12.7 Å². The van der Waals surface area contributed by atoms with Crippen molar-refractivity contribution in [3.05, 3.63) is 36.0 Å². The zero-order chi connectivity index (χ0) is 10.7. The molecule has 0 bridgehead atoms. The van der Waals surface area contributed by atoms with Crippen LogP contribution in [-0.2, 0) is 15.9 Å². The van der Waals surface area contributed by atoms with Gasteiger partial charge in [0, 0.05) is 37.7 Å². The summed E-state index contributed by atoms with van der Waals surface area (Å²) in [5, 5.41) is 1.23. The van der Waals surface area contributed by atoms with Gasteiger partial charge in [-0.25, -0.2) is 0 Å². The van der Waals surface area contributed by atoms with Gasteiger partial charge in [-0.05, 0) is 17.7 Å². The van der Waals surface area contributed by atoms with E-state index in [1.54, 1.807) is 14.2 Å². The maximum atomic E-state index is 5.20. The predicted molar refractivity (Wildman–Crippen MR) is 59.8 cm³/mol. The highest BCUT2D eigenvalue weighted by Crippen LogP contribution is 2.19. The third-order valence-electron chi connectivity index (χ3n) is 2.60. The molecule has 0 aliphatic heterocycles. The van der Waals surface area contributed by atoms with Gasteiger partial charge in [0.25, 0.3) is 0 Å². The fourth-order valence-corrected chi connectivity index (χ4v) is 1.77. The van der Waals surface area contributed by atoms with Gasteiger partial charge in [0.2, 0.25) is 0 Å². The first kappa shape index (κ1) is 10.2. The van der Waals surface area contributed by atoms with Crippen LogP contribution in [0.5, 0.6) is 0 Å². The van der Waals surface area contributed by atoms with E-state index >= 15 is 0 Å². The minimum Gasteiger partial charge on any atom is -0.361 e. The second-order valence-corrected chi connectivity index (χ2v) is 3.46. The Morgan fingerprint density at radius 2 is 2.00 bits per heavy atom. The molecule has 0 fully saturated rings. The maximum Gasteiger partial charge on any atom is 0.160 e. The summed E-state index contributed by atoms with van der Waals surface area (Å²) in [5.74, 6) is 0. The molecule has 1 aromatic carbocycles. The number of nitrogens with one attached hydrogen (secondary N) is 1. The van der Waals surface area contributed by atoms with Gasteiger partial charge in [-0.15, -0.1) is 0 Å². The number of methoxy groups -OCH3 is 2. The Kier molecular flexibility index (Phi) is 3.04. The summed E-state index contributed by atoms with van der Waals surface area (Å²) in [6.07, 6.45) is 2.54. The molecule has 80 valence electrons. The highest BCUT2D eigenvalue weighted by Gasteiger charge is 2.09. The van der Waals surface area contributed by atoms with Gasteiger partial charge in [0.05, 0.1) is 0 Å². The van der Waals surface area contributed by atoms with Crippen molar-refractivity contribution in [3.63, 3.8) is 0 Å². The molecule has 0 saturated carbocycles. The lowest BCUT2D eigenvalue weighted by molar-refractivity contribution is -0.100. The zero-order valence-electron chi connectivity index (χ0n) is 8.99. The van der Waals surface area contributed by atoms with Gasteiger partial charge in [-0.1, -0.05) is 12.1 Å². The Labute approximate surface area is 89.0 Å². The van der Waals surface area contributed by atoms with Crippen LogP contribution in [0, 0.1) is 0 Å². The van der Waals surface area contributed by atoms with Crippen LogP contribution in [0.1, 0.15) is 5.56 Å². The number of fused-ring (bicyclic) bond motifs is 1. The second-order valence-electron chi connectivity index (χ2n) is 3.46. The van der Waals surface area contributed by atoms with Crippen molar-refractivity contribution in [1.29, 1.82) is 0 Å². The smallest absolute Gasteiger partial charge is 0.160 e. The fraction of sp³-hybridized carbons (Fsp3) is 0.333. The molecule has 0 unspecified atom stereocenters. The fourth-order valence-electron chi connectivity index (χ4n) is 1.77. The molecule has 2 rings (SSSR count). The molecular weight excluding hydrogens is 190 g/mol. The topological polar surface area (TPSA) is 34.2 Å². The van der Waals surface area contributed by atoms with E-state index in [9.17, 15) is 0 Å². The van der Waals surface area contributed by atoms with E-state index < -0.39 is 0 Å². The van der Waals surface area contributed by atoms with Gasteiger partial charge < -0.3 is 14.5 Å². The van der Waals surface area contributed by atoms with Crippen molar-refractivity contribution in [3.8, 4) is 0 Å². The van der Waals surface area contributed by atoms with Crippen LogP contribution in [0.25, 0.3) is 10.9 Å². The predicted octanol–water partition coefficient (Wildman–Crippen LogP) is 2.33. The molecule has 0 atom stereocenters. The lowest BCUT2D eigenvalue weighted by Crippen LogP contribution is -2.16. The SMILES string of the molecule is COC(Cc1cccc2[nH]ccc12)OC. The van der Waals surface area contributed by atoms with Gasteiger partial charge in [-0.3, -0.25) is 0 Å². The molecule has 0 spiro atoms. The molecule has 1 heterocycles. The van der Waals surface area contributed by atoms with Crippen LogP contribution in [-0.4, -0.2) is 25.5 Å². The number of aromatic amines is 1. The summed E-state index contributed by atoms with van der Waals surface area (Å²) in [4.78, 5) is 3.19. The molecule has 0 aliphatic rings. The first-order valence-corrected chi connectivity index (χ1v) is 4.95. The van der Waals surface area contributed by atoms with Crippen molar-refractivity contribution in [1.82, 2.24) is 4.98 Å². The Morgan fingerprint density at radius 3 is 2.73 bits per heavy atom. The molecule has 3 nitrogen and oxygen atoms in total. The van der Waals surface area contributed by atoms with E-state index in [2.05, 4.69) is 23.2 Å². The van der Waals surface area contributed by atoms with Crippen LogP contribution in [0.3, 0.4) is 0 Å². The van der Waals surface area contributed by atoms with Crippen LogP contribution in [0.2, 0.25) is 0 Å². The number of H-pyrrole nitrogens is 1. The molecule has 0 radical (unpaired) electrons. The first-order chi connectivity index (χ1) is 7.35. The number of ether oxygens (including phenoxy) is 2. The lowest BCUT2D eigenvalue weighted by atomic mass is 10.1. The quantitative estimate of drug-likeness (QED) is 0.777. The summed E-state index contributed by atoms with van der Waals surface area (Å²) in [7, 11) is 3.32. The Morgan fingerprint density at radius 1 is 1.20 bits per heavy atom. The highest BCUT2D eigenvalue weighted by atomic mass is 16.7. The van der Waals surface area contributed by atoms with E-state index in [1.807, 2.05) is 12.3 Å². The standard InChI is InChI=1S/C12H15NO2/c1-14-12(15-2)8-9-4-3-5-11-10(9)6-7-13-11/h3-7,12-13H,8H2,1-2H3. The Balaban J connectivity index is 2.30. The molecular formula is C12H15NO2. The average molecular weight is 205 g/mol. The normalized spacial score (nSPS) is 11.4. The maximum absolute atomic E-state index is 5.20. The van der Waals surface area contributed by atoms with E-state index in [1.165, 1.54) is 10.9 Å². The molecule has 0 aliphatic carbocycles. The molecule has 1 N–H and O–H groups in total. The van der Waals surface area contributed by atoms with Gasteiger partial charge >= 0.3 is 0 Å². The second kappa shape index (κ2) is 4.47. The van der Waals surface area contributed by atoms with Gasteiger partial charge in [0.1, 0.15) is 0 Å². The van der Waals surface area contributed by atoms with E-state index in [0.29, 0.717) is 0 Å². The Bertz CT molecular complexity index is 432. The summed E-state index contributed by atoms with van der Waals surface area (Å²) in [5.41, 5.74) is 2.39. The van der Waals surface area contributed by atoms with Crippen molar-refractivity contribution in [2.75, 3.05) is 14.2 Å². The number of rotatable bonds is 4. The van der Waals surface area contributed by atoms with E-state index in [-0.39, 0.29) is 6.29 Å². The largest absolute Gasteiger partial charge is 0.361 e. The minimum atomic E-state index is -0.175. The number of aromatic nitrogens is 1. The van der Waals surface area contributed by atoms with Gasteiger partial charge in [-0.2, -0.15) is 0 Å². The molecule has 15 heavy (non-hydrogen) atoms. The van der Waals surface area contributed by atoms with Crippen LogP contribution in [0.4, 0.5) is 0 Å². The Hall–Kier alpha value is -1.32.